The molecule has 0 aliphatic carbocycles. The third-order valence-corrected chi connectivity index (χ3v) is 6.10. The van der Waals surface area contributed by atoms with Gasteiger partial charge in [-0.2, -0.15) is 0 Å². The Balaban J connectivity index is 1.70. The Labute approximate surface area is 173 Å². The van der Waals surface area contributed by atoms with Gasteiger partial charge in [0, 0.05) is 12.1 Å². The molecule has 0 bridgehead atoms. The van der Waals surface area contributed by atoms with E-state index in [0.29, 0.717) is 22.0 Å². The zero-order valence-electron chi connectivity index (χ0n) is 15.0. The van der Waals surface area contributed by atoms with E-state index in [1.165, 1.54) is 23.5 Å². The lowest BCUT2D eigenvalue weighted by Gasteiger charge is -2.16. The smallest absolute Gasteiger partial charge is 0.248 e. The summed E-state index contributed by atoms with van der Waals surface area (Å²) in [6, 6.07) is 10.6. The summed E-state index contributed by atoms with van der Waals surface area (Å²) in [6.07, 6.45) is -1.69. The molecule has 6 nitrogen and oxygen atoms in total. The van der Waals surface area contributed by atoms with Gasteiger partial charge in [0.2, 0.25) is 18.7 Å². The predicted octanol–water partition coefficient (Wildman–Crippen LogP) is 3.65. The molecule has 29 heavy (non-hydrogen) atoms. The number of fused-ring (bicyclic) bond motifs is 1. The van der Waals surface area contributed by atoms with Crippen molar-refractivity contribution in [3.05, 3.63) is 48.0 Å². The van der Waals surface area contributed by atoms with Crippen LogP contribution in [0.3, 0.4) is 0 Å². The van der Waals surface area contributed by atoms with Crippen molar-refractivity contribution in [1.29, 1.82) is 0 Å². The molecule has 1 unspecified atom stereocenters. The van der Waals surface area contributed by atoms with Gasteiger partial charge in [-0.15, -0.1) is 11.3 Å². The number of hydrogen-bond acceptors (Lipinski definition) is 6. The van der Waals surface area contributed by atoms with Crippen LogP contribution in [0.1, 0.15) is 5.56 Å². The maximum atomic E-state index is 12.6. The number of benzene rings is 2. The number of aromatic nitrogens is 1. The molecule has 0 aliphatic rings. The zero-order chi connectivity index (χ0) is 20.8. The van der Waals surface area contributed by atoms with Gasteiger partial charge in [0.1, 0.15) is 11.8 Å². The van der Waals surface area contributed by atoms with Crippen LogP contribution in [0.5, 0.6) is 5.75 Å². The maximum absolute atomic E-state index is 12.6. The van der Waals surface area contributed by atoms with E-state index in [0.717, 1.165) is 22.0 Å². The highest BCUT2D eigenvalue weighted by molar-refractivity contribution is 8.01. The monoisotopic (exact) mass is 437 g/mol. The Kier molecular flexibility index (Phi) is 6.99. The molecule has 1 heterocycles. The summed E-state index contributed by atoms with van der Waals surface area (Å²) in [5.41, 5.74) is 1.95. The summed E-state index contributed by atoms with van der Waals surface area (Å²) >= 11 is 2.27. The molecule has 1 atom stereocenters. The van der Waals surface area contributed by atoms with Crippen LogP contribution in [0, 0.1) is 0 Å². The number of hydrogen-bond donors (Lipinski definition) is 3. The average Bonchev–Trinajstić information content (AvgIpc) is 3.10. The van der Waals surface area contributed by atoms with Crippen molar-refractivity contribution in [2.24, 2.45) is 0 Å². The minimum absolute atomic E-state index is 0.113. The standard InChI is InChI=1S/C19H17F2N3O3S2/c20-17(21)9-28-19-24-14-6-3-12(8-16(14)29-19)23-18(27)15(22-10-25)7-11-1-4-13(26)5-2-11/h1-6,8,10,15,17,26H,7,9H2,(H,22,25)(H,23,27). The van der Waals surface area contributed by atoms with E-state index in [1.807, 2.05) is 0 Å². The van der Waals surface area contributed by atoms with Crippen molar-refractivity contribution in [3.8, 4) is 5.75 Å². The third kappa shape index (κ3) is 5.88. The minimum Gasteiger partial charge on any atom is -0.508 e. The molecule has 2 aromatic carbocycles. The minimum atomic E-state index is -2.40. The molecule has 0 radical (unpaired) electrons. The first-order valence-electron chi connectivity index (χ1n) is 8.54. The zero-order valence-corrected chi connectivity index (χ0v) is 16.6. The number of thiazole rings is 1. The van der Waals surface area contributed by atoms with E-state index in [-0.39, 0.29) is 17.9 Å². The summed E-state index contributed by atoms with van der Waals surface area (Å²) in [5, 5.41) is 14.6. The topological polar surface area (TPSA) is 91.3 Å². The van der Waals surface area contributed by atoms with Crippen molar-refractivity contribution in [2.75, 3.05) is 11.1 Å². The summed E-state index contributed by atoms with van der Waals surface area (Å²) in [4.78, 5) is 27.8. The van der Waals surface area contributed by atoms with E-state index in [2.05, 4.69) is 15.6 Å². The molecule has 152 valence electrons. The quantitative estimate of drug-likeness (QED) is 0.351. The van der Waals surface area contributed by atoms with Gasteiger partial charge in [0.25, 0.3) is 0 Å². The van der Waals surface area contributed by atoms with Crippen molar-refractivity contribution in [2.45, 2.75) is 23.2 Å². The fraction of sp³-hybridized carbons (Fsp3) is 0.211. The molecule has 0 aliphatic heterocycles. The van der Waals surface area contributed by atoms with Crippen LogP contribution in [0.2, 0.25) is 0 Å². The lowest BCUT2D eigenvalue weighted by Crippen LogP contribution is -2.41. The van der Waals surface area contributed by atoms with Crippen molar-refractivity contribution < 1.29 is 23.5 Å². The molecule has 0 saturated heterocycles. The van der Waals surface area contributed by atoms with Gasteiger partial charge in [0.05, 0.1) is 16.0 Å². The largest absolute Gasteiger partial charge is 0.508 e. The highest BCUT2D eigenvalue weighted by Crippen LogP contribution is 2.32. The molecule has 1 aromatic heterocycles. The molecule has 3 rings (SSSR count). The number of carbonyl (C=O) groups is 2. The Hall–Kier alpha value is -2.72. The number of amides is 2. The first-order chi connectivity index (χ1) is 13.9. The van der Waals surface area contributed by atoms with E-state index in [1.54, 1.807) is 30.3 Å². The summed E-state index contributed by atoms with van der Waals surface area (Å²) in [5.74, 6) is -0.608. The Morgan fingerprint density at radius 1 is 1.24 bits per heavy atom. The lowest BCUT2D eigenvalue weighted by molar-refractivity contribution is -0.121. The molecule has 2 amide bonds. The fourth-order valence-electron chi connectivity index (χ4n) is 2.58. The number of anilines is 1. The number of aromatic hydroxyl groups is 1. The third-order valence-electron chi connectivity index (χ3n) is 3.93. The van der Waals surface area contributed by atoms with Gasteiger partial charge in [0.15, 0.2) is 4.34 Å². The van der Waals surface area contributed by atoms with Crippen LogP contribution < -0.4 is 10.6 Å². The fourth-order valence-corrected chi connectivity index (χ4v) is 4.46. The number of halogens is 2. The number of nitrogens with one attached hydrogen (secondary N) is 2. The van der Waals surface area contributed by atoms with Gasteiger partial charge in [-0.3, -0.25) is 9.59 Å². The van der Waals surface area contributed by atoms with Gasteiger partial charge in [-0.1, -0.05) is 23.9 Å². The van der Waals surface area contributed by atoms with Gasteiger partial charge >= 0.3 is 0 Å². The Morgan fingerprint density at radius 2 is 2.00 bits per heavy atom. The average molecular weight is 437 g/mol. The highest BCUT2D eigenvalue weighted by atomic mass is 32.2. The number of nitrogens with zero attached hydrogens (tertiary/aromatic N) is 1. The van der Waals surface area contributed by atoms with Crippen LogP contribution in [0.4, 0.5) is 14.5 Å². The number of alkyl halides is 2. The van der Waals surface area contributed by atoms with Crippen LogP contribution >= 0.6 is 23.1 Å². The summed E-state index contributed by atoms with van der Waals surface area (Å²) in [6.45, 7) is 0. The molecule has 0 saturated carbocycles. The van der Waals surface area contributed by atoms with E-state index >= 15 is 0 Å². The van der Waals surface area contributed by atoms with Crippen LogP contribution in [0.25, 0.3) is 10.2 Å². The second kappa shape index (κ2) is 9.66. The number of phenolic OH excluding ortho intramolecular Hbond substituents is 1. The first-order valence-corrected chi connectivity index (χ1v) is 10.3. The second-order valence-electron chi connectivity index (χ2n) is 6.06. The molecule has 0 fully saturated rings. The second-order valence-corrected chi connectivity index (χ2v) is 8.36. The van der Waals surface area contributed by atoms with Crippen molar-refractivity contribution in [1.82, 2.24) is 10.3 Å². The molecular formula is C19H17F2N3O3S2. The Bertz CT molecular complexity index is 996. The van der Waals surface area contributed by atoms with Gasteiger partial charge in [-0.05, 0) is 35.9 Å². The molecule has 3 aromatic rings. The van der Waals surface area contributed by atoms with Crippen molar-refractivity contribution in [3.63, 3.8) is 0 Å². The van der Waals surface area contributed by atoms with Crippen LogP contribution in [-0.2, 0) is 16.0 Å². The van der Waals surface area contributed by atoms with E-state index < -0.39 is 18.4 Å². The molecule has 0 spiro atoms. The highest BCUT2D eigenvalue weighted by Gasteiger charge is 2.19. The lowest BCUT2D eigenvalue weighted by atomic mass is 10.1. The van der Waals surface area contributed by atoms with Crippen molar-refractivity contribution >= 4 is 51.3 Å². The SMILES string of the molecule is O=CNC(Cc1ccc(O)cc1)C(=O)Nc1ccc2nc(SCC(F)F)sc2c1. The number of thioether (sulfide) groups is 1. The number of rotatable bonds is 9. The molecular weight excluding hydrogens is 420 g/mol. The first kappa shape index (κ1) is 21.0. The predicted molar refractivity (Wildman–Crippen MR) is 110 cm³/mol. The molecule has 10 heteroatoms. The number of phenols is 1. The summed E-state index contributed by atoms with van der Waals surface area (Å²) < 4.78 is 26.0. The van der Waals surface area contributed by atoms with E-state index in [4.69, 9.17) is 0 Å². The van der Waals surface area contributed by atoms with Crippen LogP contribution in [-0.4, -0.2) is 40.6 Å². The molecule has 3 N–H and O–H groups in total. The summed E-state index contributed by atoms with van der Waals surface area (Å²) in [7, 11) is 0. The van der Waals surface area contributed by atoms with E-state index in [9.17, 15) is 23.5 Å². The normalized spacial score (nSPS) is 12.1. The van der Waals surface area contributed by atoms with Crippen LogP contribution in [0.15, 0.2) is 46.8 Å². The van der Waals surface area contributed by atoms with Gasteiger partial charge in [-0.25, -0.2) is 13.8 Å². The van der Waals surface area contributed by atoms with Gasteiger partial charge < -0.3 is 15.7 Å². The Morgan fingerprint density at radius 3 is 2.69 bits per heavy atom. The maximum Gasteiger partial charge on any atom is 0.248 e. The number of carbonyl (C=O) groups excluding carboxylic acids is 2.